The van der Waals surface area contributed by atoms with E-state index in [1.54, 1.807) is 0 Å². The van der Waals surface area contributed by atoms with Gasteiger partial charge in [0.1, 0.15) is 11.3 Å². The lowest BCUT2D eigenvalue weighted by molar-refractivity contribution is 0.0141. The fourth-order valence-electron chi connectivity index (χ4n) is 2.64. The van der Waals surface area contributed by atoms with Crippen molar-refractivity contribution in [3.05, 3.63) is 41.2 Å². The Kier molecular flexibility index (Phi) is 4.08. The summed E-state index contributed by atoms with van der Waals surface area (Å²) < 4.78 is 5.62. The van der Waals surface area contributed by atoms with E-state index in [-0.39, 0.29) is 12.1 Å². The minimum absolute atomic E-state index is 0.0110. The topological polar surface area (TPSA) is 42.4 Å². The molecule has 0 saturated carbocycles. The largest absolute Gasteiger partial charge is 0.459 e. The Balaban J connectivity index is 1.83. The first kappa shape index (κ1) is 14.3. The molecule has 0 amide bonds. The monoisotopic (exact) mass is 304 g/mol. The predicted octanol–water partition coefficient (Wildman–Crippen LogP) is 3.14. The number of carbonyl (C=O) groups is 1. The number of hydrogen-bond acceptors (Lipinski definition) is 4. The SMILES string of the molecule is CN1CCC(OC(=O)c2cnc(Cl)c3ccccc23)CC1. The molecule has 0 spiro atoms. The maximum absolute atomic E-state index is 12.4. The molecule has 1 aromatic heterocycles. The molecule has 0 bridgehead atoms. The zero-order valence-corrected chi connectivity index (χ0v) is 12.6. The Bertz CT molecular complexity index is 666. The second-order valence-corrected chi connectivity index (χ2v) is 5.77. The fraction of sp³-hybridized carbons (Fsp3) is 0.375. The van der Waals surface area contributed by atoms with Crippen LogP contribution >= 0.6 is 11.6 Å². The molecule has 0 N–H and O–H groups in total. The number of piperidine rings is 1. The number of pyridine rings is 1. The van der Waals surface area contributed by atoms with Crippen LogP contribution in [-0.2, 0) is 4.74 Å². The smallest absolute Gasteiger partial charge is 0.340 e. The number of ether oxygens (including phenoxy) is 1. The molecule has 3 rings (SSSR count). The first-order valence-corrected chi connectivity index (χ1v) is 7.45. The minimum atomic E-state index is -0.315. The van der Waals surface area contributed by atoms with Crippen molar-refractivity contribution in [2.75, 3.05) is 20.1 Å². The van der Waals surface area contributed by atoms with Crippen LogP contribution in [0.15, 0.2) is 30.5 Å². The van der Waals surface area contributed by atoms with Crippen molar-refractivity contribution in [2.45, 2.75) is 18.9 Å². The molecule has 2 aromatic rings. The van der Waals surface area contributed by atoms with Gasteiger partial charge in [-0.3, -0.25) is 0 Å². The van der Waals surface area contributed by atoms with Crippen LogP contribution in [0.4, 0.5) is 0 Å². The second-order valence-electron chi connectivity index (χ2n) is 5.42. The highest BCUT2D eigenvalue weighted by atomic mass is 35.5. The van der Waals surface area contributed by atoms with Gasteiger partial charge in [-0.25, -0.2) is 9.78 Å². The molecule has 1 fully saturated rings. The zero-order valence-electron chi connectivity index (χ0n) is 11.9. The summed E-state index contributed by atoms with van der Waals surface area (Å²) in [5.74, 6) is -0.315. The van der Waals surface area contributed by atoms with Crippen LogP contribution < -0.4 is 0 Å². The van der Waals surface area contributed by atoms with E-state index in [1.165, 1.54) is 6.20 Å². The lowest BCUT2D eigenvalue weighted by Gasteiger charge is -2.28. The van der Waals surface area contributed by atoms with Crippen LogP contribution in [0.5, 0.6) is 0 Å². The maximum atomic E-state index is 12.4. The van der Waals surface area contributed by atoms with E-state index >= 15 is 0 Å². The molecule has 0 atom stereocenters. The van der Waals surface area contributed by atoms with E-state index < -0.39 is 0 Å². The molecule has 1 aromatic carbocycles. The number of benzene rings is 1. The fourth-order valence-corrected chi connectivity index (χ4v) is 2.85. The van der Waals surface area contributed by atoms with Crippen molar-refractivity contribution in [3.8, 4) is 0 Å². The Morgan fingerprint density at radius 1 is 1.29 bits per heavy atom. The van der Waals surface area contributed by atoms with Gasteiger partial charge in [-0.15, -0.1) is 0 Å². The number of nitrogens with zero attached hydrogens (tertiary/aromatic N) is 2. The number of halogens is 1. The summed E-state index contributed by atoms with van der Waals surface area (Å²) in [6.07, 6.45) is 3.24. The van der Waals surface area contributed by atoms with E-state index in [1.807, 2.05) is 24.3 Å². The Morgan fingerprint density at radius 3 is 2.67 bits per heavy atom. The molecule has 1 saturated heterocycles. The summed E-state index contributed by atoms with van der Waals surface area (Å²) in [4.78, 5) is 18.7. The quantitative estimate of drug-likeness (QED) is 0.631. The molecule has 21 heavy (non-hydrogen) atoms. The number of carbonyl (C=O) groups excluding carboxylic acids is 1. The van der Waals surface area contributed by atoms with Gasteiger partial charge in [-0.2, -0.15) is 0 Å². The summed E-state index contributed by atoms with van der Waals surface area (Å²) in [6.45, 7) is 1.91. The minimum Gasteiger partial charge on any atom is -0.459 e. The van der Waals surface area contributed by atoms with E-state index in [0.29, 0.717) is 10.7 Å². The standard InChI is InChI=1S/C16H17ClN2O2/c1-19-8-6-11(7-9-19)21-16(20)14-10-18-15(17)13-5-3-2-4-12(13)14/h2-5,10-11H,6-9H2,1H3. The lowest BCUT2D eigenvalue weighted by atomic mass is 10.1. The summed E-state index contributed by atoms with van der Waals surface area (Å²) in [6, 6.07) is 7.48. The van der Waals surface area contributed by atoms with E-state index in [9.17, 15) is 4.79 Å². The van der Waals surface area contributed by atoms with E-state index in [0.717, 1.165) is 36.7 Å². The van der Waals surface area contributed by atoms with Crippen molar-refractivity contribution < 1.29 is 9.53 Å². The number of hydrogen-bond donors (Lipinski definition) is 0. The normalized spacial score (nSPS) is 17.0. The molecule has 5 heteroatoms. The molecule has 0 unspecified atom stereocenters. The van der Waals surface area contributed by atoms with Crippen molar-refractivity contribution in [1.82, 2.24) is 9.88 Å². The Hall–Kier alpha value is -1.65. The van der Waals surface area contributed by atoms with Crippen LogP contribution in [0.3, 0.4) is 0 Å². The van der Waals surface area contributed by atoms with Gasteiger partial charge in [0.25, 0.3) is 0 Å². The van der Waals surface area contributed by atoms with Crippen LogP contribution in [0.25, 0.3) is 10.8 Å². The highest BCUT2D eigenvalue weighted by molar-refractivity contribution is 6.34. The van der Waals surface area contributed by atoms with Crippen LogP contribution in [-0.4, -0.2) is 42.1 Å². The first-order chi connectivity index (χ1) is 10.1. The molecular weight excluding hydrogens is 288 g/mol. The van der Waals surface area contributed by atoms with Crippen LogP contribution in [0.2, 0.25) is 5.15 Å². The number of rotatable bonds is 2. The lowest BCUT2D eigenvalue weighted by Crippen LogP contribution is -2.35. The van der Waals surface area contributed by atoms with Gasteiger partial charge in [0.2, 0.25) is 0 Å². The second kappa shape index (κ2) is 6.00. The molecule has 4 nitrogen and oxygen atoms in total. The van der Waals surface area contributed by atoms with Gasteiger partial charge in [0.15, 0.2) is 0 Å². The summed E-state index contributed by atoms with van der Waals surface area (Å²) >= 11 is 6.07. The van der Waals surface area contributed by atoms with E-state index in [4.69, 9.17) is 16.3 Å². The molecular formula is C16H17ClN2O2. The maximum Gasteiger partial charge on any atom is 0.340 e. The van der Waals surface area contributed by atoms with Crippen molar-refractivity contribution in [2.24, 2.45) is 0 Å². The third-order valence-electron chi connectivity index (χ3n) is 3.91. The Labute approximate surface area is 128 Å². The molecule has 110 valence electrons. The highest BCUT2D eigenvalue weighted by Gasteiger charge is 2.22. The number of likely N-dealkylation sites (tertiary alicyclic amines) is 1. The number of esters is 1. The highest BCUT2D eigenvalue weighted by Crippen LogP contribution is 2.25. The molecule has 0 aliphatic carbocycles. The Morgan fingerprint density at radius 2 is 1.95 bits per heavy atom. The molecule has 1 aliphatic rings. The van der Waals surface area contributed by atoms with Crippen molar-refractivity contribution in [3.63, 3.8) is 0 Å². The van der Waals surface area contributed by atoms with Gasteiger partial charge in [0, 0.05) is 30.1 Å². The summed E-state index contributed by atoms with van der Waals surface area (Å²) in [5, 5.41) is 1.97. The number of aromatic nitrogens is 1. The van der Waals surface area contributed by atoms with Gasteiger partial charge in [0.05, 0.1) is 5.56 Å². The predicted molar refractivity (Wildman–Crippen MR) is 82.7 cm³/mol. The van der Waals surface area contributed by atoms with Gasteiger partial charge in [-0.1, -0.05) is 35.9 Å². The first-order valence-electron chi connectivity index (χ1n) is 7.08. The molecule has 1 aliphatic heterocycles. The zero-order chi connectivity index (χ0) is 14.8. The van der Waals surface area contributed by atoms with Gasteiger partial charge < -0.3 is 9.64 Å². The van der Waals surface area contributed by atoms with Crippen molar-refractivity contribution in [1.29, 1.82) is 0 Å². The molecule has 0 radical (unpaired) electrons. The average Bonchev–Trinajstić information content (AvgIpc) is 2.50. The van der Waals surface area contributed by atoms with Crippen molar-refractivity contribution >= 4 is 28.3 Å². The molecule has 2 heterocycles. The average molecular weight is 305 g/mol. The van der Waals surface area contributed by atoms with E-state index in [2.05, 4.69) is 16.9 Å². The van der Waals surface area contributed by atoms with Crippen LogP contribution in [0, 0.1) is 0 Å². The number of fused-ring (bicyclic) bond motifs is 1. The van der Waals surface area contributed by atoms with Crippen LogP contribution in [0.1, 0.15) is 23.2 Å². The summed E-state index contributed by atoms with van der Waals surface area (Å²) in [5.41, 5.74) is 0.480. The van der Waals surface area contributed by atoms with Gasteiger partial charge in [-0.05, 0) is 19.9 Å². The van der Waals surface area contributed by atoms with Gasteiger partial charge >= 0.3 is 5.97 Å². The third-order valence-corrected chi connectivity index (χ3v) is 4.21. The summed E-state index contributed by atoms with van der Waals surface area (Å²) in [7, 11) is 2.08. The third kappa shape index (κ3) is 3.01.